The molecule has 1 aliphatic rings. The topological polar surface area (TPSA) is 166 Å². The molecule has 21 heavy (non-hydrogen) atoms. The molecule has 0 bridgehead atoms. The maximum Gasteiger partial charge on any atom is 0.186 e. The van der Waals surface area contributed by atoms with Crippen LogP contribution in [0.15, 0.2) is 0 Å². The average molecular weight is 311 g/mol. The van der Waals surface area contributed by atoms with Crippen molar-refractivity contribution >= 4 is 0 Å². The van der Waals surface area contributed by atoms with E-state index in [9.17, 15) is 25.5 Å². The molecule has 0 aromatic rings. The lowest BCUT2D eigenvalue weighted by molar-refractivity contribution is -0.302. The first-order valence-corrected chi connectivity index (χ1v) is 6.87. The van der Waals surface area contributed by atoms with Gasteiger partial charge in [0.2, 0.25) is 0 Å². The van der Waals surface area contributed by atoms with Crippen LogP contribution < -0.4 is 5.73 Å². The standard InChI is InChI=1S/C12H25NO8/c1-2-6(15)8(16)5(13)4-20-12-11(19)10(18)9(17)7(3-14)21-12/h5-12,14-19H,2-4,13H2,1H3/t5-,6+,7?,8-,9-,10?,11?,12-/m0/s1. The molecule has 1 saturated heterocycles. The molecule has 0 aromatic heterocycles. The SMILES string of the molecule is CC[C@@H](O)[C@@H](O)[C@@H](N)CO[C@H]1OC(CO)[C@H](O)C(O)C1O. The minimum atomic E-state index is -1.54. The van der Waals surface area contributed by atoms with Gasteiger partial charge in [0.05, 0.1) is 31.5 Å². The Labute approximate surface area is 122 Å². The fourth-order valence-electron chi connectivity index (χ4n) is 2.04. The Morgan fingerprint density at radius 2 is 1.76 bits per heavy atom. The van der Waals surface area contributed by atoms with Crippen molar-refractivity contribution in [3.05, 3.63) is 0 Å². The van der Waals surface area contributed by atoms with Gasteiger partial charge >= 0.3 is 0 Å². The molecular weight excluding hydrogens is 286 g/mol. The van der Waals surface area contributed by atoms with E-state index in [4.69, 9.17) is 20.3 Å². The molecule has 8 N–H and O–H groups in total. The zero-order valence-corrected chi connectivity index (χ0v) is 11.8. The summed E-state index contributed by atoms with van der Waals surface area (Å²) in [7, 11) is 0. The second-order valence-electron chi connectivity index (χ2n) is 5.16. The first-order chi connectivity index (χ1) is 9.83. The summed E-state index contributed by atoms with van der Waals surface area (Å²) in [6, 6.07) is -0.924. The fraction of sp³-hybridized carbons (Fsp3) is 1.00. The first kappa shape index (κ1) is 18.7. The smallest absolute Gasteiger partial charge is 0.186 e. The maximum absolute atomic E-state index is 9.73. The summed E-state index contributed by atoms with van der Waals surface area (Å²) in [5.74, 6) is 0. The Hall–Kier alpha value is -0.360. The van der Waals surface area contributed by atoms with Gasteiger partial charge < -0.3 is 45.8 Å². The summed E-state index contributed by atoms with van der Waals surface area (Å²) >= 11 is 0. The van der Waals surface area contributed by atoms with Gasteiger partial charge in [-0.3, -0.25) is 0 Å². The Balaban J connectivity index is 2.53. The van der Waals surface area contributed by atoms with E-state index in [-0.39, 0.29) is 6.61 Å². The van der Waals surface area contributed by atoms with Crippen molar-refractivity contribution in [2.75, 3.05) is 13.2 Å². The zero-order valence-electron chi connectivity index (χ0n) is 11.8. The third-order valence-corrected chi connectivity index (χ3v) is 3.55. The number of hydrogen-bond donors (Lipinski definition) is 7. The molecule has 3 unspecified atom stereocenters. The molecule has 1 fully saturated rings. The van der Waals surface area contributed by atoms with E-state index in [0.717, 1.165) is 0 Å². The van der Waals surface area contributed by atoms with Gasteiger partial charge in [0.1, 0.15) is 24.4 Å². The van der Waals surface area contributed by atoms with Gasteiger partial charge in [-0.2, -0.15) is 0 Å². The lowest BCUT2D eigenvalue weighted by Crippen LogP contribution is -2.60. The Kier molecular flexibility index (Phi) is 7.40. The maximum atomic E-state index is 9.73. The molecule has 1 heterocycles. The second kappa shape index (κ2) is 8.32. The Morgan fingerprint density at radius 1 is 1.14 bits per heavy atom. The van der Waals surface area contributed by atoms with E-state index < -0.39 is 55.6 Å². The molecule has 8 atom stereocenters. The molecule has 126 valence electrons. The number of hydrogen-bond acceptors (Lipinski definition) is 9. The monoisotopic (exact) mass is 311 g/mol. The number of ether oxygens (including phenoxy) is 2. The summed E-state index contributed by atoms with van der Waals surface area (Å²) in [6.45, 7) is 0.869. The minimum Gasteiger partial charge on any atom is -0.394 e. The van der Waals surface area contributed by atoms with E-state index >= 15 is 0 Å². The van der Waals surface area contributed by atoms with Gasteiger partial charge in [-0.15, -0.1) is 0 Å². The van der Waals surface area contributed by atoms with Crippen LogP contribution in [0.1, 0.15) is 13.3 Å². The molecule has 9 nitrogen and oxygen atoms in total. The highest BCUT2D eigenvalue weighted by Gasteiger charge is 2.44. The summed E-state index contributed by atoms with van der Waals surface area (Å²) in [5, 5.41) is 57.1. The largest absolute Gasteiger partial charge is 0.394 e. The van der Waals surface area contributed by atoms with Crippen molar-refractivity contribution < 1.29 is 40.1 Å². The molecule has 9 heteroatoms. The highest BCUT2D eigenvalue weighted by atomic mass is 16.7. The van der Waals surface area contributed by atoms with Crippen LogP contribution in [0.5, 0.6) is 0 Å². The number of aliphatic hydroxyl groups is 6. The molecular formula is C12H25NO8. The van der Waals surface area contributed by atoms with Crippen LogP contribution in [0.25, 0.3) is 0 Å². The van der Waals surface area contributed by atoms with Crippen LogP contribution in [-0.2, 0) is 9.47 Å². The Morgan fingerprint density at radius 3 is 2.29 bits per heavy atom. The van der Waals surface area contributed by atoms with E-state index in [0.29, 0.717) is 6.42 Å². The first-order valence-electron chi connectivity index (χ1n) is 6.87. The van der Waals surface area contributed by atoms with Gasteiger partial charge in [-0.1, -0.05) is 6.92 Å². The van der Waals surface area contributed by atoms with E-state index in [1.807, 2.05) is 0 Å². The van der Waals surface area contributed by atoms with Gasteiger partial charge in [0, 0.05) is 0 Å². The zero-order chi connectivity index (χ0) is 16.2. The van der Waals surface area contributed by atoms with Crippen LogP contribution >= 0.6 is 0 Å². The molecule has 1 aliphatic heterocycles. The minimum absolute atomic E-state index is 0.249. The van der Waals surface area contributed by atoms with Crippen molar-refractivity contribution in [2.24, 2.45) is 5.73 Å². The molecule has 0 spiro atoms. The van der Waals surface area contributed by atoms with Crippen LogP contribution in [0, 0.1) is 0 Å². The van der Waals surface area contributed by atoms with Crippen LogP contribution in [0.3, 0.4) is 0 Å². The Bertz CT molecular complexity index is 305. The van der Waals surface area contributed by atoms with Crippen LogP contribution in [-0.4, -0.2) is 92.8 Å². The van der Waals surface area contributed by atoms with Crippen molar-refractivity contribution in [2.45, 2.75) is 62.3 Å². The number of nitrogens with two attached hydrogens (primary N) is 1. The molecule has 0 aliphatic carbocycles. The lowest BCUT2D eigenvalue weighted by Gasteiger charge is -2.40. The van der Waals surface area contributed by atoms with Gasteiger partial charge in [0.25, 0.3) is 0 Å². The van der Waals surface area contributed by atoms with Gasteiger partial charge in [0.15, 0.2) is 6.29 Å². The van der Waals surface area contributed by atoms with Crippen molar-refractivity contribution in [3.8, 4) is 0 Å². The van der Waals surface area contributed by atoms with E-state index in [2.05, 4.69) is 0 Å². The summed E-state index contributed by atoms with van der Waals surface area (Å²) in [6.07, 6.45) is -8.81. The lowest BCUT2D eigenvalue weighted by atomic mass is 9.99. The number of rotatable bonds is 7. The molecule has 1 rings (SSSR count). The number of aliphatic hydroxyl groups excluding tert-OH is 6. The van der Waals surface area contributed by atoms with Crippen LogP contribution in [0.4, 0.5) is 0 Å². The third kappa shape index (κ3) is 4.55. The van der Waals surface area contributed by atoms with Gasteiger partial charge in [-0.05, 0) is 6.42 Å². The summed E-state index contributed by atoms with van der Waals surface area (Å²) < 4.78 is 10.3. The van der Waals surface area contributed by atoms with Gasteiger partial charge in [-0.25, -0.2) is 0 Å². The molecule has 0 amide bonds. The van der Waals surface area contributed by atoms with Crippen molar-refractivity contribution in [3.63, 3.8) is 0 Å². The average Bonchev–Trinajstić information content (AvgIpc) is 2.50. The summed E-state index contributed by atoms with van der Waals surface area (Å²) in [5.41, 5.74) is 5.65. The predicted octanol–water partition coefficient (Wildman–Crippen LogP) is -3.74. The highest BCUT2D eigenvalue weighted by molar-refractivity contribution is 4.89. The molecule has 0 saturated carbocycles. The van der Waals surface area contributed by atoms with Crippen molar-refractivity contribution in [1.29, 1.82) is 0 Å². The van der Waals surface area contributed by atoms with Crippen molar-refractivity contribution in [1.82, 2.24) is 0 Å². The fourth-order valence-corrected chi connectivity index (χ4v) is 2.04. The highest BCUT2D eigenvalue weighted by Crippen LogP contribution is 2.22. The van der Waals surface area contributed by atoms with E-state index in [1.165, 1.54) is 0 Å². The van der Waals surface area contributed by atoms with E-state index in [1.54, 1.807) is 6.92 Å². The molecule has 0 radical (unpaired) electrons. The molecule has 0 aromatic carbocycles. The van der Waals surface area contributed by atoms with Crippen LogP contribution in [0.2, 0.25) is 0 Å². The summed E-state index contributed by atoms with van der Waals surface area (Å²) in [4.78, 5) is 0. The normalized spacial score (nSPS) is 38.0. The third-order valence-electron chi connectivity index (χ3n) is 3.55. The quantitative estimate of drug-likeness (QED) is 0.250. The second-order valence-corrected chi connectivity index (χ2v) is 5.16. The predicted molar refractivity (Wildman–Crippen MR) is 70.0 cm³/mol.